The molecule has 6 nitrogen and oxygen atoms in total. The molecule has 0 radical (unpaired) electrons. The molecule has 0 saturated carbocycles. The summed E-state index contributed by atoms with van der Waals surface area (Å²) in [4.78, 5) is 17.3. The predicted molar refractivity (Wildman–Crippen MR) is 79.6 cm³/mol. The molecule has 1 aromatic rings. The molecule has 0 aliphatic carbocycles. The lowest BCUT2D eigenvalue weighted by molar-refractivity contribution is -0.130. The Bertz CT molecular complexity index is 567. The molecule has 0 unspecified atom stereocenters. The van der Waals surface area contributed by atoms with Crippen molar-refractivity contribution in [2.75, 3.05) is 19.6 Å². The highest BCUT2D eigenvalue weighted by Gasteiger charge is 2.21. The summed E-state index contributed by atoms with van der Waals surface area (Å²) in [5.41, 5.74) is 0.363. The van der Waals surface area contributed by atoms with Crippen LogP contribution in [0.25, 0.3) is 0 Å². The van der Waals surface area contributed by atoms with E-state index in [9.17, 15) is 13.2 Å². The lowest BCUT2D eigenvalue weighted by Gasteiger charge is -2.18. The number of sulfonamides is 1. The molecule has 114 valence electrons. The molecule has 1 N–H and O–H groups in total. The van der Waals surface area contributed by atoms with Crippen LogP contribution in [0.1, 0.15) is 26.0 Å². The van der Waals surface area contributed by atoms with Crippen LogP contribution in [0, 0.1) is 6.92 Å². The highest BCUT2D eigenvalue weighted by atomic mass is 35.5. The van der Waals surface area contributed by atoms with Gasteiger partial charge in [-0.1, -0.05) is 22.9 Å². The standard InChI is InChI=1S/C11H18ClN3O3S2/c1-4-15(5-2)9(16)6-7-13-20(17,18)10-8(3)14-11(12)19-10/h13H,4-7H2,1-3H3. The molecule has 0 bridgehead atoms. The number of amides is 1. The number of rotatable bonds is 7. The number of carbonyl (C=O) groups is 1. The van der Waals surface area contributed by atoms with Gasteiger partial charge in [-0.3, -0.25) is 4.79 Å². The van der Waals surface area contributed by atoms with Crippen molar-refractivity contribution < 1.29 is 13.2 Å². The van der Waals surface area contributed by atoms with Gasteiger partial charge in [0.05, 0.1) is 5.69 Å². The van der Waals surface area contributed by atoms with E-state index in [1.807, 2.05) is 13.8 Å². The molecule has 9 heteroatoms. The van der Waals surface area contributed by atoms with Crippen LogP contribution in [0.4, 0.5) is 0 Å². The quantitative estimate of drug-likeness (QED) is 0.819. The molecule has 1 heterocycles. The molecular formula is C11H18ClN3O3S2. The monoisotopic (exact) mass is 339 g/mol. The second-order valence-electron chi connectivity index (χ2n) is 4.05. The number of hydrogen-bond acceptors (Lipinski definition) is 5. The number of hydrogen-bond donors (Lipinski definition) is 1. The molecule has 0 fully saturated rings. The smallest absolute Gasteiger partial charge is 0.251 e. The second kappa shape index (κ2) is 7.35. The molecule has 1 rings (SSSR count). The predicted octanol–water partition coefficient (Wildman–Crippen LogP) is 1.64. The first-order valence-electron chi connectivity index (χ1n) is 6.22. The van der Waals surface area contributed by atoms with Gasteiger partial charge in [0.2, 0.25) is 5.91 Å². The summed E-state index contributed by atoms with van der Waals surface area (Å²) in [7, 11) is -3.65. The van der Waals surface area contributed by atoms with Crippen LogP contribution < -0.4 is 4.72 Å². The van der Waals surface area contributed by atoms with Crippen molar-refractivity contribution in [3.05, 3.63) is 10.2 Å². The van der Waals surface area contributed by atoms with Gasteiger partial charge < -0.3 is 4.90 Å². The Balaban J connectivity index is 2.61. The number of aromatic nitrogens is 1. The van der Waals surface area contributed by atoms with Crippen LogP contribution in [0.2, 0.25) is 4.47 Å². The normalized spacial score (nSPS) is 11.6. The lowest BCUT2D eigenvalue weighted by Crippen LogP contribution is -2.34. The molecule has 20 heavy (non-hydrogen) atoms. The SMILES string of the molecule is CCN(CC)C(=O)CCNS(=O)(=O)c1sc(Cl)nc1C. The molecule has 0 aromatic carbocycles. The maximum Gasteiger partial charge on any atom is 0.251 e. The van der Waals surface area contributed by atoms with Crippen molar-refractivity contribution >= 4 is 38.9 Å². The number of nitrogens with one attached hydrogen (secondary N) is 1. The number of aryl methyl sites for hydroxylation is 1. The molecular weight excluding hydrogens is 322 g/mol. The van der Waals surface area contributed by atoms with Crippen LogP contribution >= 0.6 is 22.9 Å². The van der Waals surface area contributed by atoms with E-state index in [2.05, 4.69) is 9.71 Å². The van der Waals surface area contributed by atoms with E-state index in [1.54, 1.807) is 11.8 Å². The van der Waals surface area contributed by atoms with E-state index in [-0.39, 0.29) is 27.5 Å². The third-order valence-electron chi connectivity index (χ3n) is 2.72. The Morgan fingerprint density at radius 3 is 2.45 bits per heavy atom. The van der Waals surface area contributed by atoms with Gasteiger partial charge in [-0.05, 0) is 20.8 Å². The summed E-state index contributed by atoms with van der Waals surface area (Å²) < 4.78 is 26.7. The van der Waals surface area contributed by atoms with Crippen molar-refractivity contribution in [2.45, 2.75) is 31.4 Å². The number of nitrogens with zero attached hydrogens (tertiary/aromatic N) is 2. The summed E-state index contributed by atoms with van der Waals surface area (Å²) in [6.45, 7) is 6.64. The first kappa shape index (κ1) is 17.4. The Kier molecular flexibility index (Phi) is 6.38. The highest BCUT2D eigenvalue weighted by molar-refractivity contribution is 7.91. The fourth-order valence-corrected chi connectivity index (χ4v) is 4.51. The van der Waals surface area contributed by atoms with E-state index in [1.165, 1.54) is 0 Å². The third kappa shape index (κ3) is 4.41. The van der Waals surface area contributed by atoms with Crippen LogP contribution in [0.5, 0.6) is 0 Å². The maximum atomic E-state index is 12.0. The minimum Gasteiger partial charge on any atom is -0.343 e. The molecule has 0 aliphatic rings. The van der Waals surface area contributed by atoms with Crippen molar-refractivity contribution in [1.29, 1.82) is 0 Å². The van der Waals surface area contributed by atoms with E-state index >= 15 is 0 Å². The van der Waals surface area contributed by atoms with Crippen molar-refractivity contribution in [3.8, 4) is 0 Å². The number of thiazole rings is 1. The van der Waals surface area contributed by atoms with Crippen LogP contribution in [-0.4, -0.2) is 43.8 Å². The average Bonchev–Trinajstić information content (AvgIpc) is 2.70. The van der Waals surface area contributed by atoms with E-state index in [4.69, 9.17) is 11.6 Å². The molecule has 0 atom stereocenters. The van der Waals surface area contributed by atoms with Crippen LogP contribution in [0.3, 0.4) is 0 Å². The molecule has 1 amide bonds. The molecule has 0 aliphatic heterocycles. The second-order valence-corrected chi connectivity index (χ2v) is 7.60. The van der Waals surface area contributed by atoms with Gasteiger partial charge in [0.15, 0.2) is 8.68 Å². The highest BCUT2D eigenvalue weighted by Crippen LogP contribution is 2.26. The fourth-order valence-electron chi connectivity index (χ4n) is 1.69. The molecule has 0 spiro atoms. The number of carbonyl (C=O) groups excluding carboxylic acids is 1. The van der Waals surface area contributed by atoms with Crippen molar-refractivity contribution in [1.82, 2.24) is 14.6 Å². The van der Waals surface area contributed by atoms with E-state index in [0.29, 0.717) is 18.8 Å². The zero-order chi connectivity index (χ0) is 15.3. The molecule has 0 saturated heterocycles. The first-order chi connectivity index (χ1) is 9.31. The summed E-state index contributed by atoms with van der Waals surface area (Å²) in [5.74, 6) is -0.0724. The summed E-state index contributed by atoms with van der Waals surface area (Å²) >= 11 is 6.59. The molecule has 1 aromatic heterocycles. The summed E-state index contributed by atoms with van der Waals surface area (Å²) in [5, 5.41) is 0. The van der Waals surface area contributed by atoms with Gasteiger partial charge in [0, 0.05) is 26.1 Å². The van der Waals surface area contributed by atoms with Gasteiger partial charge in [-0.15, -0.1) is 0 Å². The van der Waals surface area contributed by atoms with Crippen LogP contribution in [0.15, 0.2) is 4.21 Å². The third-order valence-corrected chi connectivity index (χ3v) is 6.05. The van der Waals surface area contributed by atoms with Crippen molar-refractivity contribution in [3.63, 3.8) is 0 Å². The zero-order valence-corrected chi connectivity index (χ0v) is 14.0. The van der Waals surface area contributed by atoms with Gasteiger partial charge >= 0.3 is 0 Å². The summed E-state index contributed by atoms with van der Waals surface area (Å²) in [6.07, 6.45) is 0.131. The van der Waals surface area contributed by atoms with E-state index in [0.717, 1.165) is 11.3 Å². The van der Waals surface area contributed by atoms with Gasteiger partial charge in [0.25, 0.3) is 10.0 Å². The van der Waals surface area contributed by atoms with Crippen LogP contribution in [-0.2, 0) is 14.8 Å². The first-order valence-corrected chi connectivity index (χ1v) is 8.90. The minimum absolute atomic E-state index is 0.0621. The average molecular weight is 340 g/mol. The largest absolute Gasteiger partial charge is 0.343 e. The lowest BCUT2D eigenvalue weighted by atomic mass is 10.3. The minimum atomic E-state index is -3.65. The van der Waals surface area contributed by atoms with Gasteiger partial charge in [-0.2, -0.15) is 0 Å². The Labute approximate surface area is 128 Å². The van der Waals surface area contributed by atoms with Crippen molar-refractivity contribution in [2.24, 2.45) is 0 Å². The maximum absolute atomic E-state index is 12.0. The topological polar surface area (TPSA) is 79.4 Å². The number of halogens is 1. The van der Waals surface area contributed by atoms with E-state index < -0.39 is 10.0 Å². The zero-order valence-electron chi connectivity index (χ0n) is 11.6. The van der Waals surface area contributed by atoms with Gasteiger partial charge in [-0.25, -0.2) is 18.1 Å². The Morgan fingerprint density at radius 2 is 2.00 bits per heavy atom. The summed E-state index contributed by atoms with van der Waals surface area (Å²) in [6, 6.07) is 0. The fraction of sp³-hybridized carbons (Fsp3) is 0.636. The Morgan fingerprint density at radius 1 is 1.40 bits per heavy atom. The van der Waals surface area contributed by atoms with Gasteiger partial charge in [0.1, 0.15) is 0 Å². The Hall–Kier alpha value is -0.700.